The molecule has 0 amide bonds. The van der Waals surface area contributed by atoms with Crippen molar-refractivity contribution in [2.45, 2.75) is 0 Å². The van der Waals surface area contributed by atoms with Crippen LogP contribution in [0.4, 0.5) is 0 Å². The van der Waals surface area contributed by atoms with Gasteiger partial charge in [-0.25, -0.2) is 0 Å². The highest BCUT2D eigenvalue weighted by Crippen LogP contribution is 2.25. The Balaban J connectivity index is 2.92. The van der Waals surface area contributed by atoms with Crippen molar-refractivity contribution in [1.29, 1.82) is 0 Å². The first-order valence-corrected chi connectivity index (χ1v) is 4.31. The molecule has 2 aromatic rings. The average Bonchev–Trinajstić information content (AvgIpc) is 2.44. The fraction of sp³-hybridized carbons (Fsp3) is 0.100. The van der Waals surface area contributed by atoms with Gasteiger partial charge in [0.15, 0.2) is 6.29 Å². The summed E-state index contributed by atoms with van der Waals surface area (Å²) in [4.78, 5) is 10.6. The molecular formula is C10H8ClNO. The number of halogens is 1. The van der Waals surface area contributed by atoms with Crippen LogP contribution in [0, 0.1) is 0 Å². The summed E-state index contributed by atoms with van der Waals surface area (Å²) in [6, 6.07) is 7.46. The zero-order valence-electron chi connectivity index (χ0n) is 7.12. The lowest BCUT2D eigenvalue weighted by Gasteiger charge is -1.99. The SMILES string of the molecule is Cn1c(C=O)cc2cccc(Cl)c21. The number of aldehydes is 1. The number of carbonyl (C=O) groups excluding carboxylic acids is 1. The van der Waals surface area contributed by atoms with E-state index in [1.165, 1.54) is 0 Å². The molecule has 2 rings (SSSR count). The van der Waals surface area contributed by atoms with Crippen molar-refractivity contribution in [3.63, 3.8) is 0 Å². The van der Waals surface area contributed by atoms with Gasteiger partial charge in [0, 0.05) is 12.4 Å². The van der Waals surface area contributed by atoms with Crippen LogP contribution in [0.1, 0.15) is 10.5 Å². The van der Waals surface area contributed by atoms with Crippen molar-refractivity contribution in [2.24, 2.45) is 7.05 Å². The van der Waals surface area contributed by atoms with Crippen molar-refractivity contribution in [2.75, 3.05) is 0 Å². The van der Waals surface area contributed by atoms with Crippen LogP contribution in [0.2, 0.25) is 5.02 Å². The number of aromatic nitrogens is 1. The quantitative estimate of drug-likeness (QED) is 0.639. The van der Waals surface area contributed by atoms with Crippen molar-refractivity contribution in [1.82, 2.24) is 4.57 Å². The number of nitrogens with zero attached hydrogens (tertiary/aromatic N) is 1. The molecule has 1 aromatic carbocycles. The van der Waals surface area contributed by atoms with Crippen LogP contribution in [0.3, 0.4) is 0 Å². The fourth-order valence-electron chi connectivity index (χ4n) is 1.50. The summed E-state index contributed by atoms with van der Waals surface area (Å²) in [5, 5.41) is 1.67. The molecule has 0 atom stereocenters. The van der Waals surface area contributed by atoms with E-state index in [1.54, 1.807) is 4.57 Å². The van der Waals surface area contributed by atoms with E-state index in [4.69, 9.17) is 11.6 Å². The Morgan fingerprint density at radius 1 is 1.46 bits per heavy atom. The summed E-state index contributed by atoms with van der Waals surface area (Å²) < 4.78 is 1.80. The van der Waals surface area contributed by atoms with E-state index in [1.807, 2.05) is 31.3 Å². The minimum absolute atomic E-state index is 0.642. The second-order valence-electron chi connectivity index (χ2n) is 2.92. The van der Waals surface area contributed by atoms with E-state index >= 15 is 0 Å². The van der Waals surface area contributed by atoms with Crippen molar-refractivity contribution in [3.05, 3.63) is 35.0 Å². The second kappa shape index (κ2) is 2.89. The average molecular weight is 194 g/mol. The van der Waals surface area contributed by atoms with Crippen molar-refractivity contribution >= 4 is 28.8 Å². The Morgan fingerprint density at radius 3 is 2.85 bits per heavy atom. The highest BCUT2D eigenvalue weighted by molar-refractivity contribution is 6.35. The van der Waals surface area contributed by atoms with Crippen LogP contribution in [0.5, 0.6) is 0 Å². The van der Waals surface area contributed by atoms with E-state index < -0.39 is 0 Å². The van der Waals surface area contributed by atoms with E-state index in [-0.39, 0.29) is 0 Å². The van der Waals surface area contributed by atoms with Gasteiger partial charge < -0.3 is 4.57 Å². The minimum Gasteiger partial charge on any atom is -0.340 e. The summed E-state index contributed by atoms with van der Waals surface area (Å²) in [5.41, 5.74) is 1.55. The predicted octanol–water partition coefficient (Wildman–Crippen LogP) is 2.64. The number of benzene rings is 1. The molecule has 0 fully saturated rings. The zero-order valence-corrected chi connectivity index (χ0v) is 7.88. The largest absolute Gasteiger partial charge is 0.340 e. The summed E-state index contributed by atoms with van der Waals surface area (Å²) in [6.45, 7) is 0. The standard InChI is InChI=1S/C10H8ClNO/c1-12-8(6-13)5-7-3-2-4-9(11)10(7)12/h2-6H,1H3. The van der Waals surface area contributed by atoms with E-state index in [0.717, 1.165) is 17.2 Å². The number of fused-ring (bicyclic) bond motifs is 1. The summed E-state index contributed by atoms with van der Waals surface area (Å²) in [5.74, 6) is 0. The summed E-state index contributed by atoms with van der Waals surface area (Å²) in [7, 11) is 1.83. The Labute approximate surface area is 80.7 Å². The lowest BCUT2D eigenvalue weighted by molar-refractivity contribution is 0.111. The molecule has 0 aliphatic heterocycles. The van der Waals surface area contributed by atoms with Crippen LogP contribution < -0.4 is 0 Å². The van der Waals surface area contributed by atoms with E-state index in [0.29, 0.717) is 10.7 Å². The molecule has 0 saturated heterocycles. The first-order chi connectivity index (χ1) is 6.24. The van der Waals surface area contributed by atoms with Gasteiger partial charge in [0.2, 0.25) is 0 Å². The van der Waals surface area contributed by atoms with Crippen LogP contribution in [-0.4, -0.2) is 10.9 Å². The molecule has 1 aromatic heterocycles. The molecule has 0 radical (unpaired) electrons. The highest BCUT2D eigenvalue weighted by atomic mass is 35.5. The number of para-hydroxylation sites is 1. The Kier molecular flexibility index (Phi) is 1.85. The molecule has 2 nitrogen and oxygen atoms in total. The third kappa shape index (κ3) is 1.14. The highest BCUT2D eigenvalue weighted by Gasteiger charge is 2.06. The van der Waals surface area contributed by atoms with Crippen LogP contribution >= 0.6 is 11.6 Å². The van der Waals surface area contributed by atoms with Gasteiger partial charge in [-0.3, -0.25) is 4.79 Å². The molecule has 0 bridgehead atoms. The third-order valence-electron chi connectivity index (χ3n) is 2.16. The third-order valence-corrected chi connectivity index (χ3v) is 2.47. The van der Waals surface area contributed by atoms with Gasteiger partial charge in [0.05, 0.1) is 16.2 Å². The van der Waals surface area contributed by atoms with Gasteiger partial charge in [-0.05, 0) is 12.1 Å². The number of aryl methyl sites for hydroxylation is 1. The molecule has 0 unspecified atom stereocenters. The lowest BCUT2D eigenvalue weighted by Crippen LogP contribution is -1.93. The maximum absolute atomic E-state index is 10.6. The molecule has 0 aliphatic rings. The number of carbonyl (C=O) groups is 1. The van der Waals surface area contributed by atoms with Crippen molar-refractivity contribution < 1.29 is 4.79 Å². The zero-order chi connectivity index (χ0) is 9.42. The summed E-state index contributed by atoms with van der Waals surface area (Å²) >= 11 is 6.00. The predicted molar refractivity (Wildman–Crippen MR) is 53.3 cm³/mol. The Bertz CT molecular complexity index is 473. The smallest absolute Gasteiger partial charge is 0.166 e. The van der Waals surface area contributed by atoms with E-state index in [9.17, 15) is 4.79 Å². The van der Waals surface area contributed by atoms with Gasteiger partial charge in [-0.1, -0.05) is 23.7 Å². The maximum atomic E-state index is 10.6. The molecule has 3 heteroatoms. The molecule has 0 N–H and O–H groups in total. The van der Waals surface area contributed by atoms with Crippen LogP contribution in [0.15, 0.2) is 24.3 Å². The van der Waals surface area contributed by atoms with E-state index in [2.05, 4.69) is 0 Å². The van der Waals surface area contributed by atoms with Gasteiger partial charge >= 0.3 is 0 Å². The molecular weight excluding hydrogens is 186 g/mol. The number of hydrogen-bond acceptors (Lipinski definition) is 1. The number of hydrogen-bond donors (Lipinski definition) is 0. The molecule has 66 valence electrons. The van der Waals surface area contributed by atoms with Gasteiger partial charge in [0.25, 0.3) is 0 Å². The summed E-state index contributed by atoms with van der Waals surface area (Å²) in [6.07, 6.45) is 0.830. The molecule has 13 heavy (non-hydrogen) atoms. The van der Waals surface area contributed by atoms with Crippen LogP contribution in [0.25, 0.3) is 10.9 Å². The molecule has 0 saturated carbocycles. The molecule has 0 spiro atoms. The number of rotatable bonds is 1. The monoisotopic (exact) mass is 193 g/mol. The first-order valence-electron chi connectivity index (χ1n) is 3.93. The fourth-order valence-corrected chi connectivity index (χ4v) is 1.81. The van der Waals surface area contributed by atoms with Gasteiger partial charge in [-0.15, -0.1) is 0 Å². The molecule has 1 heterocycles. The van der Waals surface area contributed by atoms with Crippen molar-refractivity contribution in [3.8, 4) is 0 Å². The lowest BCUT2D eigenvalue weighted by atomic mass is 10.2. The maximum Gasteiger partial charge on any atom is 0.166 e. The topological polar surface area (TPSA) is 22.0 Å². The first kappa shape index (κ1) is 8.32. The van der Waals surface area contributed by atoms with Gasteiger partial charge in [0.1, 0.15) is 0 Å². The molecule has 0 aliphatic carbocycles. The Morgan fingerprint density at radius 2 is 2.23 bits per heavy atom. The minimum atomic E-state index is 0.642. The second-order valence-corrected chi connectivity index (χ2v) is 3.33. The van der Waals surface area contributed by atoms with Crippen LogP contribution in [-0.2, 0) is 7.05 Å². The van der Waals surface area contributed by atoms with Gasteiger partial charge in [-0.2, -0.15) is 0 Å². The Hall–Kier alpha value is -1.28. The normalized spacial score (nSPS) is 10.6.